The van der Waals surface area contributed by atoms with Gasteiger partial charge < -0.3 is 46.1 Å². The first-order chi connectivity index (χ1) is 18.8. The zero-order valence-electron chi connectivity index (χ0n) is 22.2. The number of ether oxygens (including phenoxy) is 2. The molecule has 1 aliphatic heterocycles. The standard InChI is InChI=1S/C26H33FN6O7/c1-25(2,3)40-24(38)32-17(10-14-4-6-15(27)7-5-14)23(37)33-22(30-13-29)16-8-9-19(31-16)26(12-28)21(36)20(35)18(11-34)39-26/h4-9,13,17-18,20-22,31,34-36H,10-11H2,1-3H3,(H2,29,30)(H,32,38)(H,33,37)/t17-,18+,20+,21+,22?,26-/m0/s1. The zero-order chi connectivity index (χ0) is 29.7. The van der Waals surface area contributed by atoms with Crippen LogP contribution in [0.2, 0.25) is 0 Å². The highest BCUT2D eigenvalue weighted by molar-refractivity contribution is 5.86. The van der Waals surface area contributed by atoms with Crippen molar-refractivity contribution in [3.05, 3.63) is 59.2 Å². The number of nitrogens with two attached hydrogens (primary N) is 1. The lowest BCUT2D eigenvalue weighted by molar-refractivity contribution is -0.123. The van der Waals surface area contributed by atoms with E-state index in [9.17, 15) is 34.6 Å². The van der Waals surface area contributed by atoms with Crippen LogP contribution in [0.25, 0.3) is 0 Å². The van der Waals surface area contributed by atoms with Gasteiger partial charge in [-0.15, -0.1) is 0 Å². The summed E-state index contributed by atoms with van der Waals surface area (Å²) in [5, 5.41) is 45.1. The van der Waals surface area contributed by atoms with E-state index in [2.05, 4.69) is 20.6 Å². The number of nitriles is 1. The van der Waals surface area contributed by atoms with Gasteiger partial charge in [-0.2, -0.15) is 5.26 Å². The number of H-pyrrole nitrogens is 1. The molecule has 1 unspecified atom stereocenters. The first-order valence-electron chi connectivity index (χ1n) is 12.4. The molecule has 1 aliphatic rings. The molecule has 1 aromatic heterocycles. The molecule has 0 spiro atoms. The van der Waals surface area contributed by atoms with Crippen molar-refractivity contribution >= 4 is 18.3 Å². The Morgan fingerprint density at radius 2 is 1.95 bits per heavy atom. The summed E-state index contributed by atoms with van der Waals surface area (Å²) >= 11 is 0. The summed E-state index contributed by atoms with van der Waals surface area (Å²) in [6, 6.07) is 8.92. The van der Waals surface area contributed by atoms with E-state index < -0.39 is 66.1 Å². The number of nitrogens with one attached hydrogen (secondary N) is 3. The molecule has 14 heteroatoms. The van der Waals surface area contributed by atoms with E-state index in [1.807, 2.05) is 6.07 Å². The van der Waals surface area contributed by atoms with Crippen LogP contribution in [0.3, 0.4) is 0 Å². The molecule has 0 aliphatic carbocycles. The zero-order valence-corrected chi connectivity index (χ0v) is 22.2. The van der Waals surface area contributed by atoms with Crippen LogP contribution in [0.4, 0.5) is 9.18 Å². The van der Waals surface area contributed by atoms with Crippen LogP contribution in [0.1, 0.15) is 43.9 Å². The Morgan fingerprint density at radius 1 is 1.27 bits per heavy atom. The first kappa shape index (κ1) is 30.5. The van der Waals surface area contributed by atoms with E-state index in [0.717, 1.165) is 6.34 Å². The Morgan fingerprint density at radius 3 is 2.50 bits per heavy atom. The number of aliphatic hydroxyl groups is 3. The predicted octanol–water partition coefficient (Wildman–Crippen LogP) is 0.223. The number of carbonyl (C=O) groups is 2. The molecule has 216 valence electrons. The highest BCUT2D eigenvalue weighted by Gasteiger charge is 2.56. The van der Waals surface area contributed by atoms with Crippen LogP contribution < -0.4 is 16.4 Å². The Bertz CT molecular complexity index is 1260. The molecule has 1 saturated heterocycles. The van der Waals surface area contributed by atoms with Gasteiger partial charge in [-0.05, 0) is 50.6 Å². The largest absolute Gasteiger partial charge is 0.444 e. The number of hydrogen-bond donors (Lipinski definition) is 7. The summed E-state index contributed by atoms with van der Waals surface area (Å²) in [6.45, 7) is 4.36. The number of aliphatic imine (C=N–C) groups is 1. The summed E-state index contributed by atoms with van der Waals surface area (Å²) in [5.74, 6) is -1.15. The third kappa shape index (κ3) is 6.93. The monoisotopic (exact) mass is 560 g/mol. The predicted molar refractivity (Wildman–Crippen MR) is 139 cm³/mol. The van der Waals surface area contributed by atoms with Crippen molar-refractivity contribution < 1.29 is 38.8 Å². The molecule has 2 aromatic rings. The summed E-state index contributed by atoms with van der Waals surface area (Å²) < 4.78 is 24.2. The van der Waals surface area contributed by atoms with E-state index in [1.165, 1.54) is 36.4 Å². The number of aliphatic hydroxyl groups excluding tert-OH is 3. The number of aromatic nitrogens is 1. The number of benzene rings is 1. The van der Waals surface area contributed by atoms with E-state index >= 15 is 0 Å². The third-order valence-corrected chi connectivity index (χ3v) is 6.08. The molecule has 6 atom stereocenters. The van der Waals surface area contributed by atoms with Gasteiger partial charge in [0, 0.05) is 6.42 Å². The fourth-order valence-electron chi connectivity index (χ4n) is 4.16. The van der Waals surface area contributed by atoms with Crippen LogP contribution in [0.15, 0.2) is 41.4 Å². The van der Waals surface area contributed by atoms with E-state index in [4.69, 9.17) is 15.2 Å². The number of hydrogen-bond acceptors (Lipinski definition) is 9. The Kier molecular flexibility index (Phi) is 9.48. The maximum Gasteiger partial charge on any atom is 0.408 e. The lowest BCUT2D eigenvalue weighted by Gasteiger charge is -2.25. The number of rotatable bonds is 9. The molecule has 1 fully saturated rings. The van der Waals surface area contributed by atoms with Crippen molar-refractivity contribution in [3.63, 3.8) is 0 Å². The highest BCUT2D eigenvalue weighted by Crippen LogP contribution is 2.39. The minimum absolute atomic E-state index is 0.0155. The topological polar surface area (TPSA) is 215 Å². The molecule has 0 bridgehead atoms. The van der Waals surface area contributed by atoms with Gasteiger partial charge >= 0.3 is 6.09 Å². The number of alkyl carbamates (subject to hydrolysis) is 1. The van der Waals surface area contributed by atoms with Gasteiger partial charge in [-0.25, -0.2) is 14.2 Å². The second kappa shape index (κ2) is 12.4. The van der Waals surface area contributed by atoms with E-state index in [1.54, 1.807) is 20.8 Å². The molecule has 0 saturated carbocycles. The van der Waals surface area contributed by atoms with Gasteiger partial charge in [0.25, 0.3) is 0 Å². The van der Waals surface area contributed by atoms with Gasteiger partial charge in [-0.1, -0.05) is 12.1 Å². The van der Waals surface area contributed by atoms with Crippen molar-refractivity contribution in [1.29, 1.82) is 5.26 Å². The Balaban J connectivity index is 1.86. The summed E-state index contributed by atoms with van der Waals surface area (Å²) in [7, 11) is 0. The van der Waals surface area contributed by atoms with Crippen molar-refractivity contribution in [3.8, 4) is 6.07 Å². The minimum Gasteiger partial charge on any atom is -0.444 e. The van der Waals surface area contributed by atoms with Crippen LogP contribution >= 0.6 is 0 Å². The first-order valence-corrected chi connectivity index (χ1v) is 12.4. The average molecular weight is 561 g/mol. The van der Waals surface area contributed by atoms with Gasteiger partial charge in [-0.3, -0.25) is 4.79 Å². The van der Waals surface area contributed by atoms with Crippen molar-refractivity contribution in [2.24, 2.45) is 10.7 Å². The SMILES string of the molecule is CC(C)(C)OC(=O)N[C@@H](Cc1ccc(F)cc1)C(=O)NC(/N=C\N)c1ccc([C@]2(C#N)O[C@H](CO)[C@@H](O)[C@H]2O)[nH]1. The molecule has 3 rings (SSSR count). The normalized spacial score (nSPS) is 24.3. The maximum atomic E-state index is 13.4. The molecular weight excluding hydrogens is 527 g/mol. The van der Waals surface area contributed by atoms with Gasteiger partial charge in [0.1, 0.15) is 41.8 Å². The Hall–Kier alpha value is -4.03. The maximum absolute atomic E-state index is 13.4. The third-order valence-electron chi connectivity index (χ3n) is 6.08. The molecule has 13 nitrogen and oxygen atoms in total. The van der Waals surface area contributed by atoms with Crippen LogP contribution in [0.5, 0.6) is 0 Å². The lowest BCUT2D eigenvalue weighted by atomic mass is 9.93. The fraction of sp³-hybridized carbons (Fsp3) is 0.462. The van der Waals surface area contributed by atoms with Crippen molar-refractivity contribution in [1.82, 2.24) is 15.6 Å². The number of halogens is 1. The number of aromatic amines is 1. The second-order valence-corrected chi connectivity index (χ2v) is 10.2. The molecule has 2 amide bonds. The quantitative estimate of drug-likeness (QED) is 0.165. The number of carbonyl (C=O) groups excluding carboxylic acids is 2. The van der Waals surface area contributed by atoms with Gasteiger partial charge in [0.05, 0.1) is 24.3 Å². The van der Waals surface area contributed by atoms with E-state index in [0.29, 0.717) is 5.56 Å². The minimum atomic E-state index is -2.03. The van der Waals surface area contributed by atoms with E-state index in [-0.39, 0.29) is 17.8 Å². The Labute approximate surface area is 229 Å². The van der Waals surface area contributed by atoms with Crippen molar-refractivity contribution in [2.75, 3.05) is 6.61 Å². The van der Waals surface area contributed by atoms with Crippen LogP contribution in [-0.4, -0.2) is 75.2 Å². The second-order valence-electron chi connectivity index (χ2n) is 10.2. The molecule has 0 radical (unpaired) electrons. The highest BCUT2D eigenvalue weighted by atomic mass is 19.1. The lowest BCUT2D eigenvalue weighted by Crippen LogP contribution is -2.50. The van der Waals surface area contributed by atoms with Gasteiger partial charge in [0.15, 0.2) is 6.17 Å². The molecule has 2 heterocycles. The number of amides is 2. The average Bonchev–Trinajstić information content (AvgIpc) is 3.47. The molecule has 40 heavy (non-hydrogen) atoms. The molecular formula is C26H33FN6O7. The number of nitrogens with zero attached hydrogens (tertiary/aromatic N) is 2. The molecule has 1 aromatic carbocycles. The molecule has 8 N–H and O–H groups in total. The smallest absolute Gasteiger partial charge is 0.408 e. The van der Waals surface area contributed by atoms with Gasteiger partial charge in [0.2, 0.25) is 11.5 Å². The summed E-state index contributed by atoms with van der Waals surface area (Å²) in [6.07, 6.45) is -5.49. The fourth-order valence-corrected chi connectivity index (χ4v) is 4.16. The summed E-state index contributed by atoms with van der Waals surface area (Å²) in [5.41, 5.74) is 3.45. The van der Waals surface area contributed by atoms with Crippen LogP contribution in [0, 0.1) is 17.1 Å². The van der Waals surface area contributed by atoms with Crippen LogP contribution in [-0.2, 0) is 26.3 Å². The summed E-state index contributed by atoms with van der Waals surface area (Å²) in [4.78, 5) is 32.8. The van der Waals surface area contributed by atoms with Crippen molar-refractivity contribution in [2.45, 2.75) is 68.9 Å².